The molecular formula is C18H23NO6S2. The van der Waals surface area contributed by atoms with Crippen molar-refractivity contribution in [2.24, 2.45) is 0 Å². The van der Waals surface area contributed by atoms with E-state index in [0.717, 1.165) is 16.7 Å². The summed E-state index contributed by atoms with van der Waals surface area (Å²) in [6.45, 7) is 1.13. The van der Waals surface area contributed by atoms with E-state index in [2.05, 4.69) is 0 Å². The summed E-state index contributed by atoms with van der Waals surface area (Å²) in [5.41, 5.74) is 0.727. The minimum atomic E-state index is -3.70. The standard InChI is InChI=1S/C18H23NO6S2/c1-23-9-8-19(18(20)12-15-5-4-10-26-15)13-14-6-7-16(24-2)17(11-14)25-27(3,21)22/h4-7,10-11H,8-9,12-13H2,1-3H3. The van der Waals surface area contributed by atoms with Gasteiger partial charge in [-0.25, -0.2) is 0 Å². The van der Waals surface area contributed by atoms with E-state index < -0.39 is 10.1 Å². The second-order valence-electron chi connectivity index (χ2n) is 5.84. The zero-order valence-electron chi connectivity index (χ0n) is 15.5. The number of amides is 1. The van der Waals surface area contributed by atoms with Crippen molar-refractivity contribution in [1.29, 1.82) is 0 Å². The molecule has 0 aliphatic rings. The first-order valence-electron chi connectivity index (χ1n) is 8.18. The van der Waals surface area contributed by atoms with Gasteiger partial charge in [0.15, 0.2) is 11.5 Å². The van der Waals surface area contributed by atoms with E-state index in [4.69, 9.17) is 13.7 Å². The number of hydrogen-bond acceptors (Lipinski definition) is 7. The Morgan fingerprint density at radius 3 is 2.56 bits per heavy atom. The van der Waals surface area contributed by atoms with Crippen LogP contribution in [0.4, 0.5) is 0 Å². The number of nitrogens with zero attached hydrogens (tertiary/aromatic N) is 1. The van der Waals surface area contributed by atoms with Gasteiger partial charge in [-0.05, 0) is 29.1 Å². The second-order valence-corrected chi connectivity index (χ2v) is 8.44. The van der Waals surface area contributed by atoms with Gasteiger partial charge in [0.25, 0.3) is 0 Å². The lowest BCUT2D eigenvalue weighted by molar-refractivity contribution is -0.131. The zero-order valence-corrected chi connectivity index (χ0v) is 17.1. The van der Waals surface area contributed by atoms with Gasteiger partial charge < -0.3 is 18.6 Å². The lowest BCUT2D eigenvalue weighted by Gasteiger charge is -2.23. The number of carbonyl (C=O) groups is 1. The molecule has 148 valence electrons. The smallest absolute Gasteiger partial charge is 0.306 e. The zero-order chi connectivity index (χ0) is 19.9. The predicted molar refractivity (Wildman–Crippen MR) is 104 cm³/mol. The first kappa shape index (κ1) is 21.2. The minimum absolute atomic E-state index is 0.0316. The molecule has 0 saturated carbocycles. The van der Waals surface area contributed by atoms with Crippen LogP contribution in [0.25, 0.3) is 0 Å². The third-order valence-corrected chi connectivity index (χ3v) is 5.02. The molecule has 2 rings (SSSR count). The van der Waals surface area contributed by atoms with Gasteiger partial charge in [0.1, 0.15) is 0 Å². The van der Waals surface area contributed by atoms with Crippen LogP contribution in [0.1, 0.15) is 10.4 Å². The van der Waals surface area contributed by atoms with E-state index in [0.29, 0.717) is 31.9 Å². The Bertz CT molecular complexity index is 849. The van der Waals surface area contributed by atoms with Crippen molar-refractivity contribution >= 4 is 27.4 Å². The molecule has 0 saturated heterocycles. The molecule has 0 spiro atoms. The molecule has 0 fully saturated rings. The largest absolute Gasteiger partial charge is 0.493 e. The maximum absolute atomic E-state index is 12.7. The van der Waals surface area contributed by atoms with Crippen LogP contribution in [-0.2, 0) is 32.6 Å². The van der Waals surface area contributed by atoms with Crippen LogP contribution in [0.3, 0.4) is 0 Å². The lowest BCUT2D eigenvalue weighted by Crippen LogP contribution is -2.34. The molecule has 0 aliphatic heterocycles. The molecule has 0 radical (unpaired) electrons. The van der Waals surface area contributed by atoms with E-state index >= 15 is 0 Å². The Morgan fingerprint density at radius 2 is 1.96 bits per heavy atom. The Labute approximate surface area is 163 Å². The van der Waals surface area contributed by atoms with E-state index in [9.17, 15) is 13.2 Å². The summed E-state index contributed by atoms with van der Waals surface area (Å²) < 4.78 is 38.2. The van der Waals surface area contributed by atoms with Gasteiger partial charge in [0, 0.05) is 25.1 Å². The van der Waals surface area contributed by atoms with Crippen LogP contribution < -0.4 is 8.92 Å². The summed E-state index contributed by atoms with van der Waals surface area (Å²) in [4.78, 5) is 15.3. The Kier molecular flexibility index (Phi) is 7.64. The fourth-order valence-corrected chi connectivity index (χ4v) is 3.59. The molecular weight excluding hydrogens is 390 g/mol. The first-order valence-corrected chi connectivity index (χ1v) is 10.9. The van der Waals surface area contributed by atoms with Crippen LogP contribution in [0.15, 0.2) is 35.7 Å². The Balaban J connectivity index is 2.20. The van der Waals surface area contributed by atoms with Crippen molar-refractivity contribution < 1.29 is 26.9 Å². The number of methoxy groups -OCH3 is 2. The molecule has 0 bridgehead atoms. The quantitative estimate of drug-likeness (QED) is 0.556. The highest BCUT2D eigenvalue weighted by atomic mass is 32.2. The minimum Gasteiger partial charge on any atom is -0.493 e. The summed E-state index contributed by atoms with van der Waals surface area (Å²) in [5.74, 6) is 0.364. The fraction of sp³-hybridized carbons (Fsp3) is 0.389. The summed E-state index contributed by atoms with van der Waals surface area (Å²) in [7, 11) is -0.692. The molecule has 27 heavy (non-hydrogen) atoms. The maximum Gasteiger partial charge on any atom is 0.306 e. The highest BCUT2D eigenvalue weighted by Gasteiger charge is 2.17. The van der Waals surface area contributed by atoms with Gasteiger partial charge in [-0.2, -0.15) is 8.42 Å². The first-order chi connectivity index (χ1) is 12.8. The van der Waals surface area contributed by atoms with E-state index in [-0.39, 0.29) is 11.7 Å². The van der Waals surface area contributed by atoms with E-state index in [1.54, 1.807) is 30.2 Å². The maximum atomic E-state index is 12.7. The molecule has 1 aromatic heterocycles. The topological polar surface area (TPSA) is 82.1 Å². The molecule has 1 aromatic carbocycles. The summed E-state index contributed by atoms with van der Waals surface area (Å²) >= 11 is 1.53. The van der Waals surface area contributed by atoms with Crippen molar-refractivity contribution in [1.82, 2.24) is 4.90 Å². The number of thiophene rings is 1. The number of carbonyl (C=O) groups excluding carboxylic acids is 1. The van der Waals surface area contributed by atoms with E-state index in [1.165, 1.54) is 18.4 Å². The summed E-state index contributed by atoms with van der Waals surface area (Å²) in [5, 5.41) is 1.93. The average Bonchev–Trinajstić information content (AvgIpc) is 3.10. The van der Waals surface area contributed by atoms with Gasteiger partial charge in [0.05, 0.1) is 26.4 Å². The number of benzene rings is 1. The van der Waals surface area contributed by atoms with Crippen LogP contribution >= 0.6 is 11.3 Å². The second kappa shape index (κ2) is 9.72. The molecule has 9 heteroatoms. The third-order valence-electron chi connectivity index (χ3n) is 3.67. The molecule has 0 unspecified atom stereocenters. The number of hydrogen-bond donors (Lipinski definition) is 0. The van der Waals surface area contributed by atoms with Gasteiger partial charge >= 0.3 is 10.1 Å². The van der Waals surface area contributed by atoms with Crippen molar-refractivity contribution in [2.45, 2.75) is 13.0 Å². The molecule has 0 N–H and O–H groups in total. The van der Waals surface area contributed by atoms with Crippen molar-refractivity contribution in [3.05, 3.63) is 46.2 Å². The SMILES string of the molecule is COCCN(Cc1ccc(OC)c(OS(C)(=O)=O)c1)C(=O)Cc1cccs1. The fourth-order valence-electron chi connectivity index (χ4n) is 2.44. The summed E-state index contributed by atoms with van der Waals surface area (Å²) in [6.07, 6.45) is 1.28. The molecule has 0 atom stereocenters. The summed E-state index contributed by atoms with van der Waals surface area (Å²) in [6, 6.07) is 8.78. The van der Waals surface area contributed by atoms with Gasteiger partial charge in [-0.1, -0.05) is 12.1 Å². The van der Waals surface area contributed by atoms with Crippen LogP contribution in [0.5, 0.6) is 11.5 Å². The van der Waals surface area contributed by atoms with Crippen molar-refractivity contribution in [3.8, 4) is 11.5 Å². The highest BCUT2D eigenvalue weighted by molar-refractivity contribution is 7.86. The van der Waals surface area contributed by atoms with Crippen LogP contribution in [0.2, 0.25) is 0 Å². The van der Waals surface area contributed by atoms with Crippen molar-refractivity contribution in [3.63, 3.8) is 0 Å². The Morgan fingerprint density at radius 1 is 1.19 bits per heavy atom. The van der Waals surface area contributed by atoms with Crippen LogP contribution in [-0.4, -0.2) is 52.9 Å². The number of rotatable bonds is 10. The third kappa shape index (κ3) is 6.85. The van der Waals surface area contributed by atoms with Gasteiger partial charge in [0.2, 0.25) is 5.91 Å². The monoisotopic (exact) mass is 413 g/mol. The Hall–Kier alpha value is -2.10. The normalized spacial score (nSPS) is 11.2. The molecule has 1 amide bonds. The molecule has 7 nitrogen and oxygen atoms in total. The molecule has 2 aromatic rings. The predicted octanol–water partition coefficient (Wildman–Crippen LogP) is 2.31. The van der Waals surface area contributed by atoms with Gasteiger partial charge in [-0.3, -0.25) is 4.79 Å². The van der Waals surface area contributed by atoms with Gasteiger partial charge in [-0.15, -0.1) is 11.3 Å². The molecule has 1 heterocycles. The molecule has 0 aliphatic carbocycles. The lowest BCUT2D eigenvalue weighted by atomic mass is 10.1. The van der Waals surface area contributed by atoms with E-state index in [1.807, 2.05) is 17.5 Å². The van der Waals surface area contributed by atoms with Crippen LogP contribution in [0, 0.1) is 0 Å². The average molecular weight is 414 g/mol. The highest BCUT2D eigenvalue weighted by Crippen LogP contribution is 2.29. The number of ether oxygens (including phenoxy) is 2. The van der Waals surface area contributed by atoms with Crippen molar-refractivity contribution in [2.75, 3.05) is 33.6 Å².